The fourth-order valence-corrected chi connectivity index (χ4v) is 3.38. The average molecular weight is 265 g/mol. The van der Waals surface area contributed by atoms with Crippen LogP contribution in [0.15, 0.2) is 17.7 Å². The maximum absolute atomic E-state index is 12.1. The summed E-state index contributed by atoms with van der Waals surface area (Å²) in [6, 6.07) is 0. The number of aliphatic carboxylic acids is 1. The molecule has 0 radical (unpaired) electrons. The second-order valence-corrected chi connectivity index (χ2v) is 5.40. The molecule has 4 atom stereocenters. The van der Waals surface area contributed by atoms with Crippen LogP contribution in [-0.2, 0) is 9.59 Å². The molecule has 7 heteroatoms. The van der Waals surface area contributed by atoms with Gasteiger partial charge in [0, 0.05) is 0 Å². The summed E-state index contributed by atoms with van der Waals surface area (Å²) in [6.07, 6.45) is 4.62. The van der Waals surface area contributed by atoms with Gasteiger partial charge in [0.05, 0.1) is 11.8 Å². The number of fused-ring (bicyclic) bond motifs is 2. The highest BCUT2D eigenvalue weighted by Crippen LogP contribution is 2.48. The lowest BCUT2D eigenvalue weighted by Crippen LogP contribution is -2.36. The number of carboxylic acids is 1. The molecule has 0 aromatic carbocycles. The van der Waals surface area contributed by atoms with Crippen LogP contribution in [0.3, 0.4) is 0 Å². The smallest absolute Gasteiger partial charge is 0.307 e. The van der Waals surface area contributed by atoms with E-state index in [1.165, 1.54) is 16.8 Å². The third-order valence-electron chi connectivity index (χ3n) is 3.64. The van der Waals surface area contributed by atoms with Gasteiger partial charge in [-0.05, 0) is 18.3 Å². The summed E-state index contributed by atoms with van der Waals surface area (Å²) in [5, 5.41) is 19.7. The van der Waals surface area contributed by atoms with E-state index < -0.39 is 17.8 Å². The van der Waals surface area contributed by atoms with Crippen molar-refractivity contribution in [3.05, 3.63) is 17.7 Å². The van der Waals surface area contributed by atoms with Crippen LogP contribution >= 0.6 is 11.3 Å². The molecular weight excluding hydrogens is 254 g/mol. The highest BCUT2D eigenvalue weighted by molar-refractivity contribution is 7.13. The Morgan fingerprint density at radius 3 is 2.67 bits per heavy atom. The zero-order valence-electron chi connectivity index (χ0n) is 9.31. The standard InChI is InChI=1S/C11H11N3O3S/c15-9(13-11-14-12-4-18-11)7-5-1-2-6(3-5)8(7)10(16)17/h1-2,4-8H,3H2,(H,16,17)(H,13,14,15)/t5-,6+,7+,8-/m0/s1. The number of aromatic nitrogens is 2. The summed E-state index contributed by atoms with van der Waals surface area (Å²) < 4.78 is 0. The van der Waals surface area contributed by atoms with Crippen molar-refractivity contribution >= 4 is 28.3 Å². The lowest BCUT2D eigenvalue weighted by Gasteiger charge is -2.23. The van der Waals surface area contributed by atoms with E-state index in [4.69, 9.17) is 0 Å². The summed E-state index contributed by atoms with van der Waals surface area (Å²) >= 11 is 1.22. The number of rotatable bonds is 3. The molecule has 3 rings (SSSR count). The molecule has 18 heavy (non-hydrogen) atoms. The van der Waals surface area contributed by atoms with E-state index in [0.29, 0.717) is 5.13 Å². The Balaban J connectivity index is 1.80. The van der Waals surface area contributed by atoms with Gasteiger partial charge >= 0.3 is 5.97 Å². The Morgan fingerprint density at radius 2 is 2.06 bits per heavy atom. The summed E-state index contributed by atoms with van der Waals surface area (Å²) in [7, 11) is 0. The predicted octanol–water partition coefficient (Wildman–Crippen LogP) is 0.999. The fraction of sp³-hybridized carbons (Fsp3) is 0.455. The Labute approximate surface area is 107 Å². The molecular formula is C11H11N3O3S. The molecule has 0 saturated heterocycles. The van der Waals surface area contributed by atoms with Crippen LogP contribution < -0.4 is 5.32 Å². The molecule has 1 fully saturated rings. The number of allylic oxidation sites excluding steroid dienone is 2. The van der Waals surface area contributed by atoms with Gasteiger partial charge in [-0.25, -0.2) is 0 Å². The van der Waals surface area contributed by atoms with E-state index in [2.05, 4.69) is 15.5 Å². The number of hydrogen-bond acceptors (Lipinski definition) is 5. The number of carbonyl (C=O) groups is 2. The molecule has 1 saturated carbocycles. The highest BCUT2D eigenvalue weighted by atomic mass is 32.1. The first-order valence-corrected chi connectivity index (χ1v) is 6.53. The van der Waals surface area contributed by atoms with Gasteiger partial charge in [-0.1, -0.05) is 23.5 Å². The maximum Gasteiger partial charge on any atom is 0.307 e. The van der Waals surface area contributed by atoms with Crippen molar-refractivity contribution in [2.75, 3.05) is 5.32 Å². The molecule has 2 aliphatic rings. The van der Waals surface area contributed by atoms with Gasteiger partial charge in [-0.2, -0.15) is 0 Å². The van der Waals surface area contributed by atoms with Crippen molar-refractivity contribution in [3.8, 4) is 0 Å². The lowest BCUT2D eigenvalue weighted by molar-refractivity contribution is -0.146. The third-order valence-corrected chi connectivity index (χ3v) is 4.24. The molecule has 1 heterocycles. The van der Waals surface area contributed by atoms with Crippen molar-refractivity contribution in [2.45, 2.75) is 6.42 Å². The van der Waals surface area contributed by atoms with E-state index in [1.54, 1.807) is 0 Å². The molecule has 2 N–H and O–H groups in total. The minimum atomic E-state index is -0.899. The third kappa shape index (κ3) is 1.71. The topological polar surface area (TPSA) is 92.2 Å². The van der Waals surface area contributed by atoms with E-state index in [1.807, 2.05) is 12.2 Å². The first-order chi connectivity index (χ1) is 8.66. The average Bonchev–Trinajstić information content (AvgIpc) is 3.03. The highest BCUT2D eigenvalue weighted by Gasteiger charge is 2.51. The maximum atomic E-state index is 12.1. The number of amides is 1. The quantitative estimate of drug-likeness (QED) is 0.795. The number of hydrogen-bond donors (Lipinski definition) is 2. The van der Waals surface area contributed by atoms with Crippen LogP contribution in [0.25, 0.3) is 0 Å². The minimum Gasteiger partial charge on any atom is -0.481 e. The number of carbonyl (C=O) groups excluding carboxylic acids is 1. The van der Waals surface area contributed by atoms with Crippen LogP contribution in [0.2, 0.25) is 0 Å². The monoisotopic (exact) mass is 265 g/mol. The number of nitrogens with one attached hydrogen (secondary N) is 1. The molecule has 0 aliphatic heterocycles. The first-order valence-electron chi connectivity index (χ1n) is 5.65. The van der Waals surface area contributed by atoms with Crippen molar-refractivity contribution in [1.29, 1.82) is 0 Å². The van der Waals surface area contributed by atoms with Gasteiger partial charge in [0.25, 0.3) is 0 Å². The van der Waals surface area contributed by atoms with Crippen LogP contribution in [0.1, 0.15) is 6.42 Å². The number of carboxylic acid groups (broad SMARTS) is 1. The summed E-state index contributed by atoms with van der Waals surface area (Å²) in [5.74, 6) is -2.27. The zero-order valence-corrected chi connectivity index (χ0v) is 10.1. The molecule has 6 nitrogen and oxygen atoms in total. The summed E-state index contributed by atoms with van der Waals surface area (Å²) in [4.78, 5) is 23.4. The molecule has 2 bridgehead atoms. The Bertz CT molecular complexity index is 514. The zero-order chi connectivity index (χ0) is 12.7. The molecule has 1 aromatic heterocycles. The van der Waals surface area contributed by atoms with Gasteiger partial charge < -0.3 is 10.4 Å². The van der Waals surface area contributed by atoms with Gasteiger partial charge in [0.15, 0.2) is 0 Å². The lowest BCUT2D eigenvalue weighted by atomic mass is 9.82. The minimum absolute atomic E-state index is 0.0160. The molecule has 1 amide bonds. The number of anilines is 1. The summed E-state index contributed by atoms with van der Waals surface area (Å²) in [5.41, 5.74) is 1.52. The van der Waals surface area contributed by atoms with Crippen LogP contribution in [0.4, 0.5) is 5.13 Å². The van der Waals surface area contributed by atoms with Crippen molar-refractivity contribution in [2.24, 2.45) is 23.7 Å². The van der Waals surface area contributed by atoms with E-state index in [9.17, 15) is 14.7 Å². The number of nitrogens with zero attached hydrogens (tertiary/aromatic N) is 2. The molecule has 0 unspecified atom stereocenters. The molecule has 0 spiro atoms. The Kier molecular flexibility index (Phi) is 2.62. The first kappa shape index (κ1) is 11.3. The largest absolute Gasteiger partial charge is 0.481 e. The molecule has 2 aliphatic carbocycles. The van der Waals surface area contributed by atoms with Crippen LogP contribution in [-0.4, -0.2) is 27.2 Å². The Hall–Kier alpha value is -1.76. The molecule has 94 valence electrons. The van der Waals surface area contributed by atoms with Gasteiger partial charge in [-0.3, -0.25) is 9.59 Å². The van der Waals surface area contributed by atoms with Crippen molar-refractivity contribution in [3.63, 3.8) is 0 Å². The van der Waals surface area contributed by atoms with Gasteiger partial charge in [0.2, 0.25) is 11.0 Å². The van der Waals surface area contributed by atoms with Gasteiger partial charge in [-0.15, -0.1) is 10.2 Å². The van der Waals surface area contributed by atoms with Crippen molar-refractivity contribution in [1.82, 2.24) is 10.2 Å². The van der Waals surface area contributed by atoms with E-state index >= 15 is 0 Å². The predicted molar refractivity (Wildman–Crippen MR) is 63.9 cm³/mol. The van der Waals surface area contributed by atoms with Crippen LogP contribution in [0, 0.1) is 23.7 Å². The normalized spacial score (nSPS) is 32.7. The van der Waals surface area contributed by atoms with Crippen LogP contribution in [0.5, 0.6) is 0 Å². The van der Waals surface area contributed by atoms with Gasteiger partial charge in [0.1, 0.15) is 5.51 Å². The van der Waals surface area contributed by atoms with E-state index in [-0.39, 0.29) is 17.7 Å². The fourth-order valence-electron chi connectivity index (χ4n) is 2.93. The molecule has 1 aromatic rings. The second-order valence-electron chi connectivity index (χ2n) is 4.57. The van der Waals surface area contributed by atoms with E-state index in [0.717, 1.165) is 6.42 Å². The summed E-state index contributed by atoms with van der Waals surface area (Å²) in [6.45, 7) is 0. The van der Waals surface area contributed by atoms with Crippen molar-refractivity contribution < 1.29 is 14.7 Å². The SMILES string of the molecule is O=C(O)[C@@H]1[C@H](C(=O)Nc2nncs2)[C@H]2C=C[C@@H]1C2. The second kappa shape index (κ2) is 4.16. The Morgan fingerprint density at radius 1 is 1.33 bits per heavy atom.